The van der Waals surface area contributed by atoms with Crippen molar-refractivity contribution in [3.63, 3.8) is 0 Å². The third-order valence-electron chi connectivity index (χ3n) is 6.34. The van der Waals surface area contributed by atoms with Crippen LogP contribution in [0.4, 0.5) is 10.2 Å². The number of aromatic nitrogens is 2. The first-order valence-electron chi connectivity index (χ1n) is 12.4. The lowest BCUT2D eigenvalue weighted by atomic mass is 9.98. The van der Waals surface area contributed by atoms with Crippen LogP contribution in [-0.2, 0) is 18.6 Å². The van der Waals surface area contributed by atoms with Gasteiger partial charge in [0.05, 0.1) is 11.9 Å². The second-order valence-electron chi connectivity index (χ2n) is 9.29. The van der Waals surface area contributed by atoms with Gasteiger partial charge in [-0.1, -0.05) is 24.6 Å². The highest BCUT2D eigenvalue weighted by molar-refractivity contribution is 8.00. The molecular formula is C24H32FN4O7PS. The highest BCUT2D eigenvalue weighted by atomic mass is 32.2. The van der Waals surface area contributed by atoms with Gasteiger partial charge < -0.3 is 20.1 Å². The van der Waals surface area contributed by atoms with Crippen LogP contribution in [0.15, 0.2) is 47.4 Å². The van der Waals surface area contributed by atoms with Crippen molar-refractivity contribution >= 4 is 31.3 Å². The van der Waals surface area contributed by atoms with Crippen LogP contribution in [-0.4, -0.2) is 56.9 Å². The Hall–Kier alpha value is -2.44. The molecule has 0 amide bonds. The number of carbonyl (C=O) groups excluding carboxylic acids is 1. The van der Waals surface area contributed by atoms with Crippen LogP contribution in [0.5, 0.6) is 5.75 Å². The number of para-hydroxylation sites is 1. The fourth-order valence-electron chi connectivity index (χ4n) is 4.31. The molecule has 4 N–H and O–H groups in total. The van der Waals surface area contributed by atoms with Crippen LogP contribution in [0.25, 0.3) is 0 Å². The summed E-state index contributed by atoms with van der Waals surface area (Å²) in [6, 6.07) is 8.54. The molecule has 208 valence electrons. The molecule has 2 aromatic rings. The molecule has 2 aliphatic rings. The van der Waals surface area contributed by atoms with Gasteiger partial charge in [0.1, 0.15) is 35.2 Å². The number of halogens is 1. The van der Waals surface area contributed by atoms with Crippen molar-refractivity contribution in [1.82, 2.24) is 14.6 Å². The summed E-state index contributed by atoms with van der Waals surface area (Å²) in [5, 5.41) is 11.1. The summed E-state index contributed by atoms with van der Waals surface area (Å²) in [4.78, 5) is 28.5. The molecule has 2 fully saturated rings. The number of thioether (sulfide) groups is 1. The number of esters is 1. The van der Waals surface area contributed by atoms with E-state index in [1.807, 2.05) is 0 Å². The number of alkyl halides is 1. The minimum Gasteiger partial charge on any atom is -0.461 e. The number of nitrogens with one attached hydrogen (secondary N) is 1. The zero-order valence-electron chi connectivity index (χ0n) is 20.9. The van der Waals surface area contributed by atoms with Crippen LogP contribution >= 0.6 is 19.5 Å². The fourth-order valence-corrected chi connectivity index (χ4v) is 7.34. The van der Waals surface area contributed by atoms with Crippen LogP contribution in [0.2, 0.25) is 0 Å². The highest BCUT2D eigenvalue weighted by Crippen LogP contribution is 2.49. The van der Waals surface area contributed by atoms with Gasteiger partial charge in [0.15, 0.2) is 6.17 Å². The minimum atomic E-state index is -4.21. The second kappa shape index (κ2) is 12.6. The molecule has 1 saturated heterocycles. The molecule has 1 aromatic heterocycles. The summed E-state index contributed by atoms with van der Waals surface area (Å²) in [6.07, 6.45) is 2.37. The number of aliphatic hydroxyl groups is 1. The lowest BCUT2D eigenvalue weighted by Gasteiger charge is -2.26. The zero-order valence-corrected chi connectivity index (χ0v) is 22.6. The maximum Gasteiger partial charge on any atom is 0.459 e. The Balaban J connectivity index is 1.45. The van der Waals surface area contributed by atoms with Gasteiger partial charge in [0.2, 0.25) is 0 Å². The Morgan fingerprint density at radius 2 is 2.00 bits per heavy atom. The van der Waals surface area contributed by atoms with Gasteiger partial charge in [-0.2, -0.15) is 10.1 Å². The van der Waals surface area contributed by atoms with Gasteiger partial charge in [-0.05, 0) is 50.8 Å². The molecule has 1 aliphatic heterocycles. The quantitative estimate of drug-likeness (QED) is 0.285. The molecule has 1 aromatic carbocycles. The van der Waals surface area contributed by atoms with E-state index in [2.05, 4.69) is 10.1 Å². The number of hydrogen-bond acceptors (Lipinski definition) is 10. The summed E-state index contributed by atoms with van der Waals surface area (Å²) in [6.45, 7) is 1.09. The predicted molar refractivity (Wildman–Crippen MR) is 140 cm³/mol. The first kappa shape index (κ1) is 28.6. The zero-order chi connectivity index (χ0) is 27.3. The van der Waals surface area contributed by atoms with E-state index >= 15 is 0 Å². The van der Waals surface area contributed by atoms with Gasteiger partial charge in [-0.15, -0.1) is 11.8 Å². The van der Waals surface area contributed by atoms with E-state index in [-0.39, 0.29) is 17.7 Å². The van der Waals surface area contributed by atoms with Gasteiger partial charge in [0.25, 0.3) is 0 Å². The smallest absolute Gasteiger partial charge is 0.459 e. The van der Waals surface area contributed by atoms with Crippen molar-refractivity contribution in [2.45, 2.75) is 74.1 Å². The van der Waals surface area contributed by atoms with Gasteiger partial charge in [0, 0.05) is 6.20 Å². The minimum absolute atomic E-state index is 0.00806. The number of carbonyl (C=O) groups is 1. The van der Waals surface area contributed by atoms with Crippen molar-refractivity contribution in [1.29, 1.82) is 0 Å². The highest BCUT2D eigenvalue weighted by Gasteiger charge is 2.46. The van der Waals surface area contributed by atoms with E-state index in [0.717, 1.165) is 48.4 Å². The molecular weight excluding hydrogens is 538 g/mol. The lowest BCUT2D eigenvalue weighted by molar-refractivity contribution is -0.152. The van der Waals surface area contributed by atoms with Gasteiger partial charge in [-0.25, -0.2) is 13.8 Å². The Morgan fingerprint density at radius 1 is 1.29 bits per heavy atom. The number of nitrogen functional groups attached to an aromatic ring is 1. The largest absolute Gasteiger partial charge is 0.461 e. The molecule has 1 aliphatic carbocycles. The number of anilines is 1. The van der Waals surface area contributed by atoms with Gasteiger partial charge >= 0.3 is 19.4 Å². The van der Waals surface area contributed by atoms with Gasteiger partial charge in [-0.3, -0.25) is 13.9 Å². The van der Waals surface area contributed by atoms with E-state index in [4.69, 9.17) is 19.5 Å². The monoisotopic (exact) mass is 570 g/mol. The van der Waals surface area contributed by atoms with Crippen molar-refractivity contribution in [3.8, 4) is 5.75 Å². The summed E-state index contributed by atoms with van der Waals surface area (Å²) in [7, 11) is -4.21. The maximum absolute atomic E-state index is 15.0. The van der Waals surface area contributed by atoms with Crippen molar-refractivity contribution < 1.29 is 32.6 Å². The van der Waals surface area contributed by atoms with E-state index in [1.165, 1.54) is 19.2 Å². The molecule has 1 saturated carbocycles. The van der Waals surface area contributed by atoms with E-state index in [9.17, 15) is 23.7 Å². The number of nitrogens with zero attached hydrogens (tertiary/aromatic N) is 2. The van der Waals surface area contributed by atoms with E-state index < -0.39 is 55.0 Å². The molecule has 0 bridgehead atoms. The molecule has 0 radical (unpaired) electrons. The average molecular weight is 571 g/mol. The Bertz CT molecular complexity index is 1200. The Morgan fingerprint density at radius 3 is 2.68 bits per heavy atom. The average Bonchev–Trinajstić information content (AvgIpc) is 3.17. The SMILES string of the molecule is CC(NP(=O)(OC[C@H]1S[C@@H](n2ccc(N)nc2=O)[C@@H](F)[C@@H]1O)Oc1ccccc1)C(=O)OC1CCCCC1. The van der Waals surface area contributed by atoms with Crippen LogP contribution in [0.3, 0.4) is 0 Å². The number of ether oxygens (including phenoxy) is 1. The molecule has 0 spiro atoms. The first-order chi connectivity index (χ1) is 18.1. The predicted octanol–water partition coefficient (Wildman–Crippen LogP) is 3.20. The second-order valence-corrected chi connectivity index (χ2v) is 12.3. The number of rotatable bonds is 10. The van der Waals surface area contributed by atoms with Crippen LogP contribution in [0, 0.1) is 0 Å². The molecule has 2 unspecified atom stereocenters. The Kier molecular flexibility index (Phi) is 9.48. The van der Waals surface area contributed by atoms with Crippen molar-refractivity contribution in [2.24, 2.45) is 0 Å². The number of aliphatic hydroxyl groups excluding tert-OH is 1. The normalized spacial score (nSPS) is 26.4. The van der Waals surface area contributed by atoms with Crippen molar-refractivity contribution in [3.05, 3.63) is 53.1 Å². The summed E-state index contributed by atoms with van der Waals surface area (Å²) < 4.78 is 46.6. The molecule has 4 rings (SSSR count). The van der Waals surface area contributed by atoms with Crippen LogP contribution in [0.1, 0.15) is 44.4 Å². The third kappa shape index (κ3) is 7.15. The number of hydrogen-bond donors (Lipinski definition) is 3. The summed E-state index contributed by atoms with van der Waals surface area (Å²) in [5.74, 6) is -0.380. The molecule has 14 heteroatoms. The van der Waals surface area contributed by atoms with Crippen molar-refractivity contribution in [2.75, 3.05) is 12.3 Å². The van der Waals surface area contributed by atoms with Crippen LogP contribution < -0.4 is 21.0 Å². The number of benzene rings is 1. The molecule has 2 heterocycles. The third-order valence-corrected chi connectivity index (χ3v) is 9.51. The van der Waals surface area contributed by atoms with E-state index in [1.54, 1.807) is 30.3 Å². The topological polar surface area (TPSA) is 155 Å². The Labute approximate surface area is 223 Å². The molecule has 6 atom stereocenters. The maximum atomic E-state index is 15.0. The standard InChI is InChI=1S/C24H32FN4O7PS/c1-15(23(31)35-16-8-4-2-5-9-16)28-37(33,36-17-10-6-3-7-11-17)34-14-18-21(30)20(25)22(38-18)29-13-12-19(26)27-24(29)32/h3,6-7,10-13,15-16,18,20-22,30H,2,4-5,8-9,14H2,1H3,(H,28,33)(H2,26,27,32)/t15?,18-,20+,21-,22-,37?/m1/s1. The first-order valence-corrected chi connectivity index (χ1v) is 14.9. The molecule has 38 heavy (non-hydrogen) atoms. The summed E-state index contributed by atoms with van der Waals surface area (Å²) >= 11 is 0.932. The van der Waals surface area contributed by atoms with E-state index in [0.29, 0.717) is 0 Å². The number of nitrogens with two attached hydrogens (primary N) is 1. The fraction of sp³-hybridized carbons (Fsp3) is 0.542. The molecule has 11 nitrogen and oxygen atoms in total. The summed E-state index contributed by atoms with van der Waals surface area (Å²) in [5.41, 5.74) is 4.75. The lowest BCUT2D eigenvalue weighted by Crippen LogP contribution is -2.38.